The molecule has 9 atom stereocenters. The molecular weight excluding hydrogens is 1310 g/mol. The third-order valence-corrected chi connectivity index (χ3v) is 15.8. The number of amides is 1. The molecule has 8 N–H and O–H groups in total. The maximum Gasteiger partial charge on any atom is 1.00 e. The van der Waals surface area contributed by atoms with Crippen molar-refractivity contribution in [2.75, 3.05) is 13.2 Å². The number of nitrogens with one attached hydrogen (secondary N) is 1. The first-order chi connectivity index (χ1) is 45.3. The Morgan fingerprint density at radius 3 is 0.940 bits per heavy atom. The fourth-order valence-electron chi connectivity index (χ4n) is 10.2. The molecule has 0 spiro atoms. The van der Waals surface area contributed by atoms with Gasteiger partial charge in [0.15, 0.2) is 28.9 Å². The second kappa shape index (κ2) is 47.7. The minimum absolute atomic E-state index is 0. The van der Waals surface area contributed by atoms with Gasteiger partial charge in [-0.15, -0.1) is 0 Å². The van der Waals surface area contributed by atoms with Gasteiger partial charge in [0.05, 0.1) is 37.1 Å². The van der Waals surface area contributed by atoms with Crippen LogP contribution in [0.15, 0.2) is 212 Å². The molecule has 0 bridgehead atoms. The van der Waals surface area contributed by atoms with E-state index in [1.54, 1.807) is 74.5 Å². The predicted molar refractivity (Wildman–Crippen MR) is 398 cm³/mol. The number of carbonyl (C=O) groups is 9. The van der Waals surface area contributed by atoms with E-state index in [1.807, 2.05) is 166 Å². The molecule has 2 heterocycles. The Labute approximate surface area is 639 Å². The fraction of sp³-hybridized carbons (Fsp3) is 0.370. The predicted octanol–water partition coefficient (Wildman–Crippen LogP) is 10.9. The molecule has 536 valence electrons. The summed E-state index contributed by atoms with van der Waals surface area (Å²) in [5.74, 6) is -4.73. The first kappa shape index (κ1) is 92.7. The molecule has 0 aromatic heterocycles. The van der Waals surface area contributed by atoms with Crippen LogP contribution < -0.4 is 68.2 Å². The van der Waals surface area contributed by atoms with Crippen LogP contribution in [0, 0.1) is 29.6 Å². The van der Waals surface area contributed by atoms with Gasteiger partial charge in [-0.25, -0.2) is 0 Å². The van der Waals surface area contributed by atoms with Crippen LogP contribution in [0.4, 0.5) is 0 Å². The van der Waals surface area contributed by atoms with Crippen molar-refractivity contribution in [3.8, 4) is 0 Å². The largest absolute Gasteiger partial charge is 1.00 e. The third kappa shape index (κ3) is 33.9. The van der Waals surface area contributed by atoms with E-state index in [-0.39, 0.29) is 151 Å². The van der Waals surface area contributed by atoms with E-state index in [9.17, 15) is 53.4 Å². The van der Waals surface area contributed by atoms with Crippen molar-refractivity contribution < 1.29 is 121 Å². The number of hydrogen-bond donors (Lipinski definition) is 6. The smallest absolute Gasteiger partial charge is 1.00 e. The molecule has 0 aliphatic carbocycles. The van der Waals surface area contributed by atoms with Crippen LogP contribution in [-0.2, 0) is 63.9 Å². The van der Waals surface area contributed by atoms with Crippen LogP contribution in [-0.4, -0.2) is 111 Å². The van der Waals surface area contributed by atoms with Gasteiger partial charge in [-0.1, -0.05) is 262 Å². The first-order valence-electron chi connectivity index (χ1n) is 32.0. The number of Topliss-reactive ketones (excluding diaryl/α,β-unsaturated/α-hetero) is 5. The molecule has 2 fully saturated rings. The van der Waals surface area contributed by atoms with Crippen molar-refractivity contribution in [2.24, 2.45) is 41.1 Å². The van der Waals surface area contributed by atoms with E-state index >= 15 is 0 Å². The van der Waals surface area contributed by atoms with Gasteiger partial charge in [-0.2, -0.15) is 9.90 Å². The minimum atomic E-state index is -0.959. The van der Waals surface area contributed by atoms with Gasteiger partial charge >= 0.3 is 69.3 Å². The van der Waals surface area contributed by atoms with Crippen molar-refractivity contribution in [1.82, 2.24) is 5.32 Å². The number of carboxylic acid groups (broad SMARTS) is 3. The molecule has 1 unspecified atom stereocenters. The zero-order chi connectivity index (χ0) is 69.5. The number of rotatable bonds is 30. The summed E-state index contributed by atoms with van der Waals surface area (Å²) < 4.78 is 10.4. The zero-order valence-electron chi connectivity index (χ0n) is 57.8. The average Bonchev–Trinajstić information content (AvgIpc) is 1.66. The Balaban J connectivity index is 0. The molecule has 2 aliphatic heterocycles. The van der Waals surface area contributed by atoms with Crippen LogP contribution >= 0.6 is 9.90 Å². The normalized spacial score (nSPS) is 15.9. The molecule has 19 heteroatoms. The van der Waals surface area contributed by atoms with Crippen LogP contribution in [0.25, 0.3) is 0 Å². The Kier molecular flexibility index (Phi) is 44.2. The number of epoxide rings is 2. The summed E-state index contributed by atoms with van der Waals surface area (Å²) in [7, 11) is 0. The van der Waals surface area contributed by atoms with E-state index in [0.717, 1.165) is 28.7 Å². The fourth-order valence-corrected chi connectivity index (χ4v) is 10.2. The number of hydrogen-bond acceptors (Lipinski definition) is 13. The molecule has 2 aliphatic rings. The van der Waals surface area contributed by atoms with E-state index in [4.69, 9.17) is 26.0 Å². The zero-order valence-corrected chi connectivity index (χ0v) is 61.3. The molecule has 9 rings (SSSR count). The quantitative estimate of drug-likeness (QED) is 0.0106. The molecular formula is C81H107KN3O14P. The molecule has 1 amide bonds. The summed E-state index contributed by atoms with van der Waals surface area (Å²) in [5.41, 5.74) is 15.2. The van der Waals surface area contributed by atoms with Gasteiger partial charge in [0.1, 0.15) is 17.2 Å². The number of ketones is 5. The average molecular weight is 1420 g/mol. The summed E-state index contributed by atoms with van der Waals surface area (Å²) in [6.07, 6.45) is 2.97. The summed E-state index contributed by atoms with van der Waals surface area (Å²) in [6.45, 7) is 12.6. The second-order valence-corrected chi connectivity index (χ2v) is 25.1. The van der Waals surface area contributed by atoms with Gasteiger partial charge < -0.3 is 43.0 Å². The monoisotopic (exact) mass is 1420 g/mol. The summed E-state index contributed by atoms with van der Waals surface area (Å²) in [5, 5.41) is 30.0. The molecule has 2 saturated heterocycles. The van der Waals surface area contributed by atoms with Crippen LogP contribution in [0.1, 0.15) is 151 Å². The van der Waals surface area contributed by atoms with Gasteiger partial charge in [-0.3, -0.25) is 43.2 Å². The molecule has 0 saturated carbocycles. The van der Waals surface area contributed by atoms with Crippen LogP contribution in [0.3, 0.4) is 0 Å². The van der Waals surface area contributed by atoms with Crippen molar-refractivity contribution in [3.63, 3.8) is 0 Å². The number of benzene rings is 7. The maximum absolute atomic E-state index is 13.3. The molecule has 0 radical (unpaired) electrons. The Bertz CT molecular complexity index is 3450. The summed E-state index contributed by atoms with van der Waals surface area (Å²) >= 11 is 0. The summed E-state index contributed by atoms with van der Waals surface area (Å²) in [4.78, 5) is 108. The molecule has 7 aromatic rings. The Hall–Kier alpha value is -7.32. The van der Waals surface area contributed by atoms with Gasteiger partial charge in [0.25, 0.3) is 0 Å². The maximum atomic E-state index is 13.3. The SMILES string of the molecule is C.C.C.CC(C)C[C@H](N)C(=O)[C@@]1(C)CO1.CC(C)C[C@H](NC(=O)[C@@H](CC(=O)c1ccccc1)Cc1ccccc1)C(=O)[C@@]1(C)CO1.N[C@@H](Cc1ccccc1)C(=O)O.O=C(C[C@@H](Cc1ccccc1)C(=O)O)c1ccccc1.O=C(C[C@@H](Cc1ccccc1)C(=O)O)c1ccccc1.P.[H-].[K+]. The second-order valence-electron chi connectivity index (χ2n) is 25.1. The standard InChI is InChI=1S/C26H31NO4.2C17H16O3.C9H17NO2.C9H11NO2.3CH4.K.H3P.H/c1-18(2)14-22(24(29)26(3)17-31-26)27-25(30)21(15-19-10-6-4-7-11-19)16-23(28)20-12-8-5-9-13-20;2*18-16(14-9-5-2-6-10-14)12-15(17(19)20)11-13-7-3-1-4-8-13;1-6(2)4-7(10)8(11)9(3)5-12-9;10-8(9(11)12)6-7-4-2-1-3-5-7;;;;;;/h4-13,18,21-22H,14-17H2,1-3H3,(H,27,30);2*1-10,15H,11-12H2,(H,19,20);6-7H,4-5,10H2,1-3H3;1-5,8H,6,10H2,(H,11,12);3*1H4;;1H3;/q;;;;;;;;+1;;-1/t21-,22+,26-;2*15-;7-,9+;8-;;;;;;/m11100....../s1. The van der Waals surface area contributed by atoms with Gasteiger partial charge in [0.2, 0.25) is 5.91 Å². The first-order valence-corrected chi connectivity index (χ1v) is 32.0. The molecule has 7 aromatic carbocycles. The van der Waals surface area contributed by atoms with Crippen molar-refractivity contribution >= 4 is 62.6 Å². The Morgan fingerprint density at radius 2 is 0.670 bits per heavy atom. The van der Waals surface area contributed by atoms with Crippen LogP contribution in [0.5, 0.6) is 0 Å². The van der Waals surface area contributed by atoms with E-state index in [2.05, 4.69) is 19.2 Å². The minimum Gasteiger partial charge on any atom is -1.00 e. The van der Waals surface area contributed by atoms with E-state index in [1.165, 1.54) is 0 Å². The number of nitrogens with two attached hydrogens (primary N) is 2. The number of ether oxygens (including phenoxy) is 2. The molecule has 100 heavy (non-hydrogen) atoms. The van der Waals surface area contributed by atoms with E-state index < -0.39 is 58.9 Å². The van der Waals surface area contributed by atoms with Gasteiger partial charge in [0, 0.05) is 41.9 Å². The Morgan fingerprint density at radius 1 is 0.410 bits per heavy atom. The molecule has 17 nitrogen and oxygen atoms in total. The van der Waals surface area contributed by atoms with Crippen LogP contribution in [0.2, 0.25) is 0 Å². The number of carboxylic acids is 3. The number of aliphatic carboxylic acids is 3. The third-order valence-electron chi connectivity index (χ3n) is 15.8. The summed E-state index contributed by atoms with van der Waals surface area (Å²) in [6, 6.07) is 62.6. The van der Waals surface area contributed by atoms with E-state index in [0.29, 0.717) is 67.9 Å². The number of carbonyl (C=O) groups excluding carboxylic acids is 6. The van der Waals surface area contributed by atoms with Crippen molar-refractivity contribution in [3.05, 3.63) is 251 Å². The van der Waals surface area contributed by atoms with Crippen molar-refractivity contribution in [2.45, 2.75) is 151 Å². The van der Waals surface area contributed by atoms with Crippen molar-refractivity contribution in [1.29, 1.82) is 0 Å². The topological polar surface area (TPSA) is 303 Å². The van der Waals surface area contributed by atoms with Gasteiger partial charge in [-0.05, 0) is 86.5 Å².